The monoisotopic (exact) mass is 282 g/mol. The van der Waals surface area contributed by atoms with Crippen molar-refractivity contribution in [3.63, 3.8) is 0 Å². The van der Waals surface area contributed by atoms with Crippen LogP contribution in [0.3, 0.4) is 0 Å². The summed E-state index contributed by atoms with van der Waals surface area (Å²) in [5, 5.41) is 14.3. The third-order valence-corrected chi connectivity index (χ3v) is 2.83. The second-order valence-corrected chi connectivity index (χ2v) is 5.46. The molecule has 0 fully saturated rings. The summed E-state index contributed by atoms with van der Waals surface area (Å²) in [7, 11) is 1.95. The van der Waals surface area contributed by atoms with E-state index in [0.29, 0.717) is 6.04 Å². The summed E-state index contributed by atoms with van der Waals surface area (Å²) < 4.78 is 0. The molecular weight excluding hydrogens is 260 g/mol. The van der Waals surface area contributed by atoms with Gasteiger partial charge in [0.2, 0.25) is 0 Å². The lowest BCUT2D eigenvalue weighted by atomic mass is 10.2. The van der Waals surface area contributed by atoms with E-state index in [1.54, 1.807) is 0 Å². The maximum absolute atomic E-state index is 5.85. The van der Waals surface area contributed by atoms with Gasteiger partial charge in [0.15, 0.2) is 0 Å². The Morgan fingerprint density at radius 2 is 1.84 bits per heavy atom. The van der Waals surface area contributed by atoms with E-state index in [2.05, 4.69) is 22.6 Å². The minimum atomic E-state index is 0.243. The zero-order chi connectivity index (χ0) is 14.3. The van der Waals surface area contributed by atoms with Crippen molar-refractivity contribution in [2.75, 3.05) is 18.9 Å². The van der Waals surface area contributed by atoms with E-state index in [-0.39, 0.29) is 6.04 Å². The summed E-state index contributed by atoms with van der Waals surface area (Å²) >= 11 is 5.85. The van der Waals surface area contributed by atoms with Crippen molar-refractivity contribution in [2.24, 2.45) is 10.3 Å². The quantitative estimate of drug-likeness (QED) is 0.600. The van der Waals surface area contributed by atoms with E-state index < -0.39 is 0 Å². The predicted octanol–water partition coefficient (Wildman–Crippen LogP) is 4.24. The highest BCUT2D eigenvalue weighted by Gasteiger charge is 2.04. The highest BCUT2D eigenvalue weighted by Crippen LogP contribution is 2.15. The first-order valence-electron chi connectivity index (χ1n) is 6.61. The van der Waals surface area contributed by atoms with Gasteiger partial charge < -0.3 is 5.32 Å². The summed E-state index contributed by atoms with van der Waals surface area (Å²) in [6.45, 7) is 7.06. The van der Waals surface area contributed by atoms with Crippen LogP contribution in [0, 0.1) is 0 Å². The number of benzene rings is 1. The lowest BCUT2D eigenvalue weighted by Crippen LogP contribution is -2.22. The van der Waals surface area contributed by atoms with Gasteiger partial charge in [0, 0.05) is 30.3 Å². The molecule has 0 saturated carbocycles. The molecule has 0 radical (unpaired) electrons. The maximum atomic E-state index is 5.85. The third-order valence-electron chi connectivity index (χ3n) is 2.58. The van der Waals surface area contributed by atoms with Gasteiger partial charge in [-0.05, 0) is 51.5 Å². The SMILES string of the molecule is CC(C)N=NN(C)CCC(C)Nc1ccc(Cl)cc1. The van der Waals surface area contributed by atoms with Crippen LogP contribution in [0.15, 0.2) is 34.6 Å². The lowest BCUT2D eigenvalue weighted by molar-refractivity contribution is 0.311. The highest BCUT2D eigenvalue weighted by molar-refractivity contribution is 6.30. The van der Waals surface area contributed by atoms with E-state index in [4.69, 9.17) is 11.6 Å². The van der Waals surface area contributed by atoms with Gasteiger partial charge in [-0.2, -0.15) is 5.11 Å². The Hall–Kier alpha value is -1.29. The third kappa shape index (κ3) is 7.01. The summed E-state index contributed by atoms with van der Waals surface area (Å²) in [4.78, 5) is 0. The molecule has 0 amide bonds. The van der Waals surface area contributed by atoms with Gasteiger partial charge in [-0.15, -0.1) is 0 Å². The van der Waals surface area contributed by atoms with Crippen molar-refractivity contribution in [3.8, 4) is 0 Å². The zero-order valence-electron chi connectivity index (χ0n) is 12.1. The first-order valence-corrected chi connectivity index (χ1v) is 6.99. The van der Waals surface area contributed by atoms with Crippen molar-refractivity contribution in [1.29, 1.82) is 0 Å². The van der Waals surface area contributed by atoms with Crippen LogP contribution in [0.25, 0.3) is 0 Å². The van der Waals surface area contributed by atoms with Crippen molar-refractivity contribution in [3.05, 3.63) is 29.3 Å². The maximum Gasteiger partial charge on any atom is 0.0673 e. The number of nitrogens with one attached hydrogen (secondary N) is 1. The Bertz CT molecular complexity index is 389. The van der Waals surface area contributed by atoms with E-state index >= 15 is 0 Å². The summed E-state index contributed by atoms with van der Waals surface area (Å²) in [6, 6.07) is 8.37. The molecule has 1 N–H and O–H groups in total. The summed E-state index contributed by atoms with van der Waals surface area (Å²) in [5.74, 6) is 0. The van der Waals surface area contributed by atoms with Crippen LogP contribution >= 0.6 is 11.6 Å². The molecule has 1 unspecified atom stereocenters. The van der Waals surface area contributed by atoms with E-state index in [9.17, 15) is 0 Å². The predicted molar refractivity (Wildman–Crippen MR) is 81.8 cm³/mol. The van der Waals surface area contributed by atoms with Crippen molar-refractivity contribution < 1.29 is 0 Å². The fourth-order valence-electron chi connectivity index (χ4n) is 1.52. The number of nitrogens with zero attached hydrogens (tertiary/aromatic N) is 3. The molecule has 0 aliphatic heterocycles. The van der Waals surface area contributed by atoms with Gasteiger partial charge in [-0.3, -0.25) is 5.01 Å². The van der Waals surface area contributed by atoms with Gasteiger partial charge >= 0.3 is 0 Å². The van der Waals surface area contributed by atoms with Gasteiger partial charge in [0.25, 0.3) is 0 Å². The molecule has 0 aliphatic carbocycles. The van der Waals surface area contributed by atoms with Crippen LogP contribution in [0.1, 0.15) is 27.2 Å². The van der Waals surface area contributed by atoms with E-state index in [0.717, 1.165) is 23.7 Å². The Morgan fingerprint density at radius 3 is 2.42 bits per heavy atom. The number of halogens is 1. The molecule has 106 valence electrons. The van der Waals surface area contributed by atoms with Gasteiger partial charge in [0.1, 0.15) is 0 Å². The molecule has 1 rings (SSSR count). The number of hydrogen-bond donors (Lipinski definition) is 1. The lowest BCUT2D eigenvalue weighted by Gasteiger charge is -2.18. The van der Waals surface area contributed by atoms with Crippen LogP contribution in [-0.4, -0.2) is 30.7 Å². The summed E-state index contributed by atoms with van der Waals surface area (Å²) in [5.41, 5.74) is 1.09. The van der Waals surface area contributed by atoms with Gasteiger partial charge in [-0.25, -0.2) is 0 Å². The molecule has 0 saturated heterocycles. The molecule has 1 aromatic carbocycles. The molecule has 0 aliphatic rings. The molecule has 19 heavy (non-hydrogen) atoms. The van der Waals surface area contributed by atoms with Crippen LogP contribution in [0.5, 0.6) is 0 Å². The topological polar surface area (TPSA) is 40.0 Å². The molecule has 4 nitrogen and oxygen atoms in total. The Morgan fingerprint density at radius 1 is 1.21 bits per heavy atom. The largest absolute Gasteiger partial charge is 0.383 e. The zero-order valence-corrected chi connectivity index (χ0v) is 12.9. The number of anilines is 1. The Kier molecular flexibility index (Phi) is 6.64. The fraction of sp³-hybridized carbons (Fsp3) is 0.571. The van der Waals surface area contributed by atoms with Crippen molar-refractivity contribution in [2.45, 2.75) is 39.3 Å². The Labute approximate surface area is 120 Å². The molecule has 5 heteroatoms. The molecule has 0 spiro atoms. The van der Waals surface area contributed by atoms with Crippen LogP contribution in [-0.2, 0) is 0 Å². The fourth-order valence-corrected chi connectivity index (χ4v) is 1.65. The first kappa shape index (κ1) is 15.8. The molecular formula is C14H23ClN4. The average Bonchev–Trinajstić information content (AvgIpc) is 2.36. The smallest absolute Gasteiger partial charge is 0.0673 e. The average molecular weight is 283 g/mol. The van der Waals surface area contributed by atoms with Crippen LogP contribution in [0.2, 0.25) is 5.02 Å². The molecule has 1 aromatic rings. The minimum absolute atomic E-state index is 0.243. The second kappa shape index (κ2) is 8.00. The van der Waals surface area contributed by atoms with Gasteiger partial charge in [0.05, 0.1) is 6.04 Å². The Balaban J connectivity index is 2.31. The number of hydrogen-bond acceptors (Lipinski definition) is 3. The normalized spacial score (nSPS) is 12.9. The molecule has 0 aromatic heterocycles. The molecule has 0 heterocycles. The standard InChI is InChI=1S/C14H23ClN4/c1-11(2)17-18-19(4)10-9-12(3)16-14-7-5-13(15)6-8-14/h5-8,11-12,16H,9-10H2,1-4H3. The van der Waals surface area contributed by atoms with Crippen LogP contribution < -0.4 is 5.32 Å². The minimum Gasteiger partial charge on any atom is -0.383 e. The molecule has 1 atom stereocenters. The van der Waals surface area contributed by atoms with Gasteiger partial charge in [-0.1, -0.05) is 16.8 Å². The number of rotatable bonds is 7. The molecule has 0 bridgehead atoms. The van der Waals surface area contributed by atoms with Crippen molar-refractivity contribution >= 4 is 17.3 Å². The van der Waals surface area contributed by atoms with Crippen LogP contribution in [0.4, 0.5) is 5.69 Å². The first-order chi connectivity index (χ1) is 8.97. The second-order valence-electron chi connectivity index (χ2n) is 5.02. The van der Waals surface area contributed by atoms with E-state index in [1.807, 2.05) is 50.2 Å². The highest BCUT2D eigenvalue weighted by atomic mass is 35.5. The van der Waals surface area contributed by atoms with Crippen molar-refractivity contribution in [1.82, 2.24) is 5.01 Å². The van der Waals surface area contributed by atoms with E-state index in [1.165, 1.54) is 0 Å². The summed E-state index contributed by atoms with van der Waals surface area (Å²) in [6.07, 6.45) is 0.996.